The molecule has 2 rings (SSSR count). The number of ether oxygens (including phenoxy) is 1. The summed E-state index contributed by atoms with van der Waals surface area (Å²) in [7, 11) is -3.41. The van der Waals surface area contributed by atoms with Gasteiger partial charge in [-0.15, -0.1) is 0 Å². The van der Waals surface area contributed by atoms with E-state index in [1.54, 1.807) is 4.90 Å². The minimum Gasteiger partial charge on any atom is -0.444 e. The largest absolute Gasteiger partial charge is 0.444 e. The second-order valence-corrected chi connectivity index (χ2v) is 8.30. The summed E-state index contributed by atoms with van der Waals surface area (Å²) in [5.74, 6) is 0. The van der Waals surface area contributed by atoms with Crippen LogP contribution >= 0.6 is 0 Å². The molecular weight excluding hydrogens is 256 g/mol. The van der Waals surface area contributed by atoms with Gasteiger partial charge in [-0.05, 0) is 33.6 Å². The van der Waals surface area contributed by atoms with E-state index < -0.39 is 20.9 Å². The third-order valence-corrected chi connectivity index (χ3v) is 4.75. The Morgan fingerprint density at radius 1 is 1.33 bits per heavy atom. The van der Waals surface area contributed by atoms with E-state index in [1.807, 2.05) is 20.8 Å². The number of amides is 1. The summed E-state index contributed by atoms with van der Waals surface area (Å²) in [6.07, 6.45) is 0.795. The Morgan fingerprint density at radius 3 is 2.22 bits per heavy atom. The predicted octanol–water partition coefficient (Wildman–Crippen LogP) is 0.674. The van der Waals surface area contributed by atoms with Crippen molar-refractivity contribution in [3.63, 3.8) is 0 Å². The SMILES string of the molecule is CC(C)(C)OC(=O)N1CC2(CC(S(N)(=O)=O)C2)C1. The van der Waals surface area contributed by atoms with Gasteiger partial charge < -0.3 is 9.64 Å². The number of hydrogen-bond donors (Lipinski definition) is 1. The van der Waals surface area contributed by atoms with Crippen molar-refractivity contribution in [1.29, 1.82) is 0 Å². The van der Waals surface area contributed by atoms with Gasteiger partial charge in [0.1, 0.15) is 5.60 Å². The van der Waals surface area contributed by atoms with Gasteiger partial charge in [0, 0.05) is 18.5 Å². The first-order valence-electron chi connectivity index (χ1n) is 6.00. The Morgan fingerprint density at radius 2 is 1.83 bits per heavy atom. The molecule has 1 spiro atoms. The Kier molecular flexibility index (Phi) is 2.90. The molecule has 1 heterocycles. The lowest BCUT2D eigenvalue weighted by Crippen LogP contribution is -2.66. The topological polar surface area (TPSA) is 89.7 Å². The number of carbonyl (C=O) groups excluding carboxylic acids is 1. The first-order chi connectivity index (χ1) is 8.01. The molecule has 6 nitrogen and oxygen atoms in total. The maximum absolute atomic E-state index is 11.7. The molecule has 1 aliphatic carbocycles. The van der Waals surface area contributed by atoms with E-state index in [9.17, 15) is 13.2 Å². The van der Waals surface area contributed by atoms with Crippen LogP contribution in [0.2, 0.25) is 0 Å². The van der Waals surface area contributed by atoms with Gasteiger partial charge in [-0.3, -0.25) is 0 Å². The molecule has 1 saturated carbocycles. The third-order valence-electron chi connectivity index (χ3n) is 3.49. The number of nitrogens with zero attached hydrogens (tertiary/aromatic N) is 1. The zero-order valence-electron chi connectivity index (χ0n) is 11.0. The molecular formula is C11H20N2O4S. The normalized spacial score (nSPS) is 23.4. The number of hydrogen-bond acceptors (Lipinski definition) is 4. The van der Waals surface area contributed by atoms with Crippen LogP contribution in [0.1, 0.15) is 33.6 Å². The lowest BCUT2D eigenvalue weighted by atomic mass is 9.63. The van der Waals surface area contributed by atoms with Gasteiger partial charge in [0.05, 0.1) is 5.25 Å². The van der Waals surface area contributed by atoms with Crippen molar-refractivity contribution in [1.82, 2.24) is 4.90 Å². The molecule has 0 unspecified atom stereocenters. The van der Waals surface area contributed by atoms with Gasteiger partial charge in [0.25, 0.3) is 0 Å². The molecule has 104 valence electrons. The van der Waals surface area contributed by atoms with E-state index in [2.05, 4.69) is 0 Å². The van der Waals surface area contributed by atoms with E-state index in [0.29, 0.717) is 25.9 Å². The van der Waals surface area contributed by atoms with Gasteiger partial charge in [0.2, 0.25) is 10.0 Å². The summed E-state index contributed by atoms with van der Waals surface area (Å²) in [5.41, 5.74) is -0.531. The van der Waals surface area contributed by atoms with Crippen molar-refractivity contribution in [2.45, 2.75) is 44.5 Å². The van der Waals surface area contributed by atoms with Crippen LogP contribution in [-0.4, -0.2) is 43.4 Å². The Balaban J connectivity index is 1.81. The van der Waals surface area contributed by atoms with Crippen LogP contribution in [0.4, 0.5) is 4.79 Å². The highest BCUT2D eigenvalue weighted by atomic mass is 32.2. The molecule has 0 aromatic carbocycles. The molecule has 7 heteroatoms. The van der Waals surface area contributed by atoms with Crippen LogP contribution in [0, 0.1) is 5.41 Å². The summed E-state index contributed by atoms with van der Waals surface area (Å²) in [4.78, 5) is 13.3. The monoisotopic (exact) mass is 276 g/mol. The van der Waals surface area contributed by atoms with Gasteiger partial charge in [0.15, 0.2) is 0 Å². The summed E-state index contributed by atoms with van der Waals surface area (Å²) < 4.78 is 27.5. The molecule has 1 saturated heterocycles. The van der Waals surface area contributed by atoms with Crippen LogP contribution in [0.5, 0.6) is 0 Å². The van der Waals surface area contributed by atoms with Crippen LogP contribution < -0.4 is 5.14 Å². The average Bonchev–Trinajstić information content (AvgIpc) is 1.90. The summed E-state index contributed by atoms with van der Waals surface area (Å²) >= 11 is 0. The Bertz CT molecular complexity index is 452. The van der Waals surface area contributed by atoms with Crippen molar-refractivity contribution < 1.29 is 17.9 Å². The molecule has 2 fully saturated rings. The standard InChI is InChI=1S/C11H20N2O4S/c1-10(2,3)17-9(14)13-6-11(7-13)4-8(5-11)18(12,15)16/h8H,4-7H2,1-3H3,(H2,12,15,16). The zero-order chi connectivity index (χ0) is 13.8. The highest BCUT2D eigenvalue weighted by Gasteiger charge is 2.57. The lowest BCUT2D eigenvalue weighted by Gasteiger charge is -2.57. The maximum Gasteiger partial charge on any atom is 0.410 e. The number of carbonyl (C=O) groups is 1. The summed E-state index contributed by atoms with van der Waals surface area (Å²) in [6, 6.07) is 0. The van der Waals surface area contributed by atoms with Gasteiger partial charge in [-0.1, -0.05) is 0 Å². The zero-order valence-corrected chi connectivity index (χ0v) is 11.8. The molecule has 0 aromatic heterocycles. The number of rotatable bonds is 1. The van der Waals surface area contributed by atoms with Crippen molar-refractivity contribution in [2.24, 2.45) is 10.6 Å². The molecule has 0 radical (unpaired) electrons. The van der Waals surface area contributed by atoms with Crippen LogP contribution in [0.3, 0.4) is 0 Å². The number of nitrogens with two attached hydrogens (primary N) is 1. The highest BCUT2D eigenvalue weighted by molar-refractivity contribution is 7.89. The molecule has 1 aliphatic heterocycles. The van der Waals surface area contributed by atoms with Crippen molar-refractivity contribution in [2.75, 3.05) is 13.1 Å². The summed E-state index contributed by atoms with van der Waals surface area (Å²) in [6.45, 7) is 6.62. The molecule has 1 amide bonds. The van der Waals surface area contributed by atoms with Crippen LogP contribution in [-0.2, 0) is 14.8 Å². The van der Waals surface area contributed by atoms with Gasteiger partial charge in [-0.25, -0.2) is 18.4 Å². The number of likely N-dealkylation sites (tertiary alicyclic amines) is 1. The average molecular weight is 276 g/mol. The highest BCUT2D eigenvalue weighted by Crippen LogP contribution is 2.50. The first kappa shape index (κ1) is 13.6. The van der Waals surface area contributed by atoms with Gasteiger partial charge >= 0.3 is 6.09 Å². The minimum atomic E-state index is -3.41. The number of sulfonamides is 1. The molecule has 2 N–H and O–H groups in total. The summed E-state index contributed by atoms with van der Waals surface area (Å²) in [5, 5.41) is 4.65. The molecule has 2 aliphatic rings. The smallest absolute Gasteiger partial charge is 0.410 e. The Labute approximate surface area is 108 Å². The molecule has 18 heavy (non-hydrogen) atoms. The fourth-order valence-corrected chi connectivity index (χ4v) is 3.79. The Hall–Kier alpha value is -0.820. The lowest BCUT2D eigenvalue weighted by molar-refractivity contribution is -0.0670. The molecule has 0 atom stereocenters. The molecule has 0 aromatic rings. The van der Waals surface area contributed by atoms with E-state index in [-0.39, 0.29) is 11.5 Å². The second-order valence-electron chi connectivity index (χ2n) is 6.46. The van der Waals surface area contributed by atoms with Crippen LogP contribution in [0.15, 0.2) is 0 Å². The van der Waals surface area contributed by atoms with E-state index >= 15 is 0 Å². The van der Waals surface area contributed by atoms with Crippen molar-refractivity contribution in [3.05, 3.63) is 0 Å². The third kappa shape index (κ3) is 2.61. The van der Waals surface area contributed by atoms with Gasteiger partial charge in [-0.2, -0.15) is 0 Å². The fourth-order valence-electron chi connectivity index (χ4n) is 2.62. The van der Waals surface area contributed by atoms with Crippen LogP contribution in [0.25, 0.3) is 0 Å². The maximum atomic E-state index is 11.7. The van der Waals surface area contributed by atoms with E-state index in [1.165, 1.54) is 0 Å². The second kappa shape index (κ2) is 3.84. The van der Waals surface area contributed by atoms with E-state index in [4.69, 9.17) is 9.88 Å². The predicted molar refractivity (Wildman–Crippen MR) is 66.4 cm³/mol. The first-order valence-corrected chi connectivity index (χ1v) is 7.61. The van der Waals surface area contributed by atoms with E-state index in [0.717, 1.165) is 0 Å². The quantitative estimate of drug-likeness (QED) is 0.762. The fraction of sp³-hybridized carbons (Fsp3) is 0.909. The number of primary sulfonamides is 1. The van der Waals surface area contributed by atoms with Crippen molar-refractivity contribution in [3.8, 4) is 0 Å². The minimum absolute atomic E-state index is 0.0337. The van der Waals surface area contributed by atoms with Crippen molar-refractivity contribution >= 4 is 16.1 Å². The molecule has 0 bridgehead atoms.